The number of allylic oxidation sites excluding steroid dienone is 8. The van der Waals surface area contributed by atoms with Crippen molar-refractivity contribution in [3.05, 3.63) is 48.1 Å². The maximum atomic E-state index is 10.8. The summed E-state index contributed by atoms with van der Waals surface area (Å²) >= 11 is 0. The molecule has 18 heavy (non-hydrogen) atoms. The SMILES string of the molecule is C/C=C/C=C/C[C@@H](C)CC/C=C(C)/C=C/C(C)=O. The Morgan fingerprint density at radius 2 is 1.89 bits per heavy atom. The molecular weight excluding hydrogens is 220 g/mol. The van der Waals surface area contributed by atoms with Crippen molar-refractivity contribution in [2.24, 2.45) is 5.92 Å². The molecule has 0 radical (unpaired) electrons. The zero-order chi connectivity index (χ0) is 13.8. The Kier molecular flexibility index (Phi) is 9.94. The Hall–Kier alpha value is -1.37. The Morgan fingerprint density at radius 3 is 2.50 bits per heavy atom. The molecule has 0 saturated heterocycles. The molecule has 1 atom stereocenters. The van der Waals surface area contributed by atoms with Crippen LogP contribution in [0.2, 0.25) is 0 Å². The molecule has 0 unspecified atom stereocenters. The first-order valence-electron chi connectivity index (χ1n) is 6.69. The van der Waals surface area contributed by atoms with Crippen molar-refractivity contribution in [1.29, 1.82) is 0 Å². The second kappa shape index (κ2) is 10.8. The largest absolute Gasteiger partial charge is 0.295 e. The molecule has 0 aliphatic heterocycles. The van der Waals surface area contributed by atoms with Crippen LogP contribution in [0, 0.1) is 5.92 Å². The summed E-state index contributed by atoms with van der Waals surface area (Å²) in [5, 5.41) is 0. The highest BCUT2D eigenvalue weighted by molar-refractivity contribution is 5.87. The highest BCUT2D eigenvalue weighted by atomic mass is 16.1. The van der Waals surface area contributed by atoms with Crippen molar-refractivity contribution in [1.82, 2.24) is 0 Å². The third-order valence-electron chi connectivity index (χ3n) is 2.68. The lowest BCUT2D eigenvalue weighted by molar-refractivity contribution is -0.112. The van der Waals surface area contributed by atoms with Gasteiger partial charge in [0.1, 0.15) is 0 Å². The molecule has 100 valence electrons. The van der Waals surface area contributed by atoms with Gasteiger partial charge in [0.15, 0.2) is 5.78 Å². The van der Waals surface area contributed by atoms with Crippen LogP contribution in [0.15, 0.2) is 48.1 Å². The maximum Gasteiger partial charge on any atom is 0.152 e. The van der Waals surface area contributed by atoms with Crippen LogP contribution in [0.5, 0.6) is 0 Å². The van der Waals surface area contributed by atoms with Gasteiger partial charge >= 0.3 is 0 Å². The average Bonchev–Trinajstić information content (AvgIpc) is 2.32. The molecule has 1 nitrogen and oxygen atoms in total. The van der Waals surface area contributed by atoms with Crippen molar-refractivity contribution in [3.8, 4) is 0 Å². The van der Waals surface area contributed by atoms with Gasteiger partial charge in [-0.3, -0.25) is 4.79 Å². The minimum atomic E-state index is 0.102. The highest BCUT2D eigenvalue weighted by Gasteiger charge is 1.97. The van der Waals surface area contributed by atoms with E-state index in [0.717, 1.165) is 12.8 Å². The lowest BCUT2D eigenvalue weighted by atomic mass is 10.0. The summed E-state index contributed by atoms with van der Waals surface area (Å²) in [4.78, 5) is 10.8. The van der Waals surface area contributed by atoms with Crippen LogP contribution in [0.4, 0.5) is 0 Å². The van der Waals surface area contributed by atoms with Crippen LogP contribution in [-0.2, 0) is 4.79 Å². The van der Waals surface area contributed by atoms with E-state index in [1.54, 1.807) is 13.0 Å². The predicted octanol–water partition coefficient (Wildman–Crippen LogP) is 5.02. The number of rotatable bonds is 8. The molecule has 0 N–H and O–H groups in total. The number of carbonyl (C=O) groups is 1. The second-order valence-corrected chi connectivity index (χ2v) is 4.76. The summed E-state index contributed by atoms with van der Waals surface area (Å²) in [6.45, 7) is 7.91. The predicted molar refractivity (Wildman–Crippen MR) is 80.5 cm³/mol. The molecule has 0 fully saturated rings. The molecule has 0 aromatic carbocycles. The lowest BCUT2D eigenvalue weighted by Gasteiger charge is -2.05. The van der Waals surface area contributed by atoms with E-state index in [0.29, 0.717) is 5.92 Å². The van der Waals surface area contributed by atoms with E-state index in [-0.39, 0.29) is 5.78 Å². The highest BCUT2D eigenvalue weighted by Crippen LogP contribution is 2.12. The van der Waals surface area contributed by atoms with Gasteiger partial charge in [0.2, 0.25) is 0 Å². The molecule has 0 spiro atoms. The van der Waals surface area contributed by atoms with Gasteiger partial charge in [-0.05, 0) is 52.0 Å². The molecule has 0 saturated carbocycles. The quantitative estimate of drug-likeness (QED) is 0.434. The van der Waals surface area contributed by atoms with E-state index in [1.807, 2.05) is 26.0 Å². The molecule has 0 rings (SSSR count). The molecule has 0 aliphatic carbocycles. The molecule has 1 heteroatoms. The Morgan fingerprint density at radius 1 is 1.17 bits per heavy atom. The molecule has 0 aromatic heterocycles. The van der Waals surface area contributed by atoms with Crippen LogP contribution in [0.3, 0.4) is 0 Å². The Bertz CT molecular complexity index is 343. The van der Waals surface area contributed by atoms with Crippen molar-refractivity contribution in [2.45, 2.75) is 47.0 Å². The fourth-order valence-corrected chi connectivity index (χ4v) is 1.53. The lowest BCUT2D eigenvalue weighted by Crippen LogP contribution is -1.91. The zero-order valence-corrected chi connectivity index (χ0v) is 12.1. The topological polar surface area (TPSA) is 17.1 Å². The Labute approximate surface area is 112 Å². The molecule has 0 aromatic rings. The van der Waals surface area contributed by atoms with E-state index in [2.05, 4.69) is 31.2 Å². The van der Waals surface area contributed by atoms with Gasteiger partial charge in [-0.25, -0.2) is 0 Å². The van der Waals surface area contributed by atoms with E-state index < -0.39 is 0 Å². The number of carbonyl (C=O) groups excluding carboxylic acids is 1. The average molecular weight is 246 g/mol. The number of ketones is 1. The standard InChI is InChI=1S/C17H26O/c1-5-6-7-8-10-15(2)11-9-12-16(3)13-14-17(4)18/h5-8,12-15H,9-11H2,1-4H3/b6-5+,8-7+,14-13+,16-12+/t15-/m1/s1. The smallest absolute Gasteiger partial charge is 0.152 e. The molecule has 0 heterocycles. The van der Waals surface area contributed by atoms with E-state index in [9.17, 15) is 4.79 Å². The summed E-state index contributed by atoms with van der Waals surface area (Å²) in [5.41, 5.74) is 1.17. The minimum Gasteiger partial charge on any atom is -0.295 e. The van der Waals surface area contributed by atoms with Crippen molar-refractivity contribution in [3.63, 3.8) is 0 Å². The number of hydrogen-bond donors (Lipinski definition) is 0. The van der Waals surface area contributed by atoms with Gasteiger partial charge < -0.3 is 0 Å². The van der Waals surface area contributed by atoms with Gasteiger partial charge in [-0.1, -0.05) is 49.0 Å². The first-order valence-corrected chi connectivity index (χ1v) is 6.69. The van der Waals surface area contributed by atoms with Crippen LogP contribution in [-0.4, -0.2) is 5.78 Å². The monoisotopic (exact) mass is 246 g/mol. The van der Waals surface area contributed by atoms with Crippen LogP contribution in [0.1, 0.15) is 47.0 Å². The normalized spacial score (nSPS) is 15.0. The van der Waals surface area contributed by atoms with E-state index in [4.69, 9.17) is 0 Å². The number of hydrogen-bond acceptors (Lipinski definition) is 1. The third kappa shape index (κ3) is 11.1. The van der Waals surface area contributed by atoms with Gasteiger partial charge in [-0.2, -0.15) is 0 Å². The van der Waals surface area contributed by atoms with Crippen LogP contribution in [0.25, 0.3) is 0 Å². The van der Waals surface area contributed by atoms with Gasteiger partial charge in [0.25, 0.3) is 0 Å². The summed E-state index contributed by atoms with van der Waals surface area (Å²) in [7, 11) is 0. The van der Waals surface area contributed by atoms with Gasteiger partial charge in [-0.15, -0.1) is 0 Å². The Balaban J connectivity index is 3.88. The van der Waals surface area contributed by atoms with Crippen molar-refractivity contribution in [2.75, 3.05) is 0 Å². The summed E-state index contributed by atoms with van der Waals surface area (Å²) in [5.74, 6) is 0.803. The third-order valence-corrected chi connectivity index (χ3v) is 2.68. The van der Waals surface area contributed by atoms with Crippen molar-refractivity contribution < 1.29 is 4.79 Å². The molecule has 0 aliphatic rings. The molecule has 0 amide bonds. The first kappa shape index (κ1) is 16.6. The zero-order valence-electron chi connectivity index (χ0n) is 12.1. The molecule has 0 bridgehead atoms. The van der Waals surface area contributed by atoms with Crippen molar-refractivity contribution >= 4 is 5.78 Å². The fourth-order valence-electron chi connectivity index (χ4n) is 1.53. The van der Waals surface area contributed by atoms with Crippen LogP contribution < -0.4 is 0 Å². The van der Waals surface area contributed by atoms with Crippen LogP contribution >= 0.6 is 0 Å². The first-order chi connectivity index (χ1) is 8.56. The van der Waals surface area contributed by atoms with E-state index >= 15 is 0 Å². The maximum absolute atomic E-state index is 10.8. The summed E-state index contributed by atoms with van der Waals surface area (Å²) in [6.07, 6.45) is 17.5. The summed E-state index contributed by atoms with van der Waals surface area (Å²) < 4.78 is 0. The minimum absolute atomic E-state index is 0.102. The van der Waals surface area contributed by atoms with Gasteiger partial charge in [0, 0.05) is 0 Å². The molecular formula is C17H26O. The van der Waals surface area contributed by atoms with Gasteiger partial charge in [0.05, 0.1) is 0 Å². The van der Waals surface area contributed by atoms with E-state index in [1.165, 1.54) is 12.0 Å². The second-order valence-electron chi connectivity index (χ2n) is 4.76. The fraction of sp³-hybridized carbons (Fsp3) is 0.471. The summed E-state index contributed by atoms with van der Waals surface area (Å²) in [6, 6.07) is 0.